The summed E-state index contributed by atoms with van der Waals surface area (Å²) < 4.78 is 0.737. The van der Waals surface area contributed by atoms with E-state index < -0.39 is 0 Å². The first-order valence-corrected chi connectivity index (χ1v) is 7.25. The summed E-state index contributed by atoms with van der Waals surface area (Å²) in [6.45, 7) is 1.88. The Balaban J connectivity index is 2.35. The normalized spacial score (nSPS) is 10.4. The van der Waals surface area contributed by atoms with Crippen LogP contribution < -0.4 is 11.1 Å². The number of anilines is 2. The van der Waals surface area contributed by atoms with Crippen LogP contribution in [0.4, 0.5) is 11.4 Å². The van der Waals surface area contributed by atoms with Crippen molar-refractivity contribution in [1.29, 1.82) is 0 Å². The number of carbonyl (C=O) groups is 1. The van der Waals surface area contributed by atoms with Crippen molar-refractivity contribution in [1.82, 2.24) is 0 Å². The molecule has 2 aromatic carbocycles. The molecule has 0 spiro atoms. The fourth-order valence-electron chi connectivity index (χ4n) is 1.71. The molecule has 0 aliphatic rings. The Labute approximate surface area is 135 Å². The van der Waals surface area contributed by atoms with Gasteiger partial charge in [-0.05, 0) is 31.2 Å². The lowest BCUT2D eigenvalue weighted by Crippen LogP contribution is -2.15. The number of amides is 1. The van der Waals surface area contributed by atoms with Crippen LogP contribution in [-0.4, -0.2) is 5.91 Å². The molecule has 0 atom stereocenters. The number of carbonyl (C=O) groups excluding carboxylic acids is 1. The zero-order chi connectivity index (χ0) is 14.9. The first kappa shape index (κ1) is 15.2. The minimum Gasteiger partial charge on any atom is -0.398 e. The molecule has 2 rings (SSSR count). The maximum Gasteiger partial charge on any atom is 0.257 e. The summed E-state index contributed by atoms with van der Waals surface area (Å²) in [5, 5.41) is 3.39. The lowest BCUT2D eigenvalue weighted by molar-refractivity contribution is 0.102. The number of nitrogens with one attached hydrogen (secondary N) is 1. The fourth-order valence-corrected chi connectivity index (χ4v) is 3.01. The number of hydrogen-bond donors (Lipinski definition) is 2. The monoisotopic (exact) mass is 372 g/mol. The maximum absolute atomic E-state index is 12.3. The van der Waals surface area contributed by atoms with Crippen molar-refractivity contribution in [3.63, 3.8) is 0 Å². The zero-order valence-corrected chi connectivity index (χ0v) is 13.6. The summed E-state index contributed by atoms with van der Waals surface area (Å²) >= 11 is 15.4. The standard InChI is InChI=1S/C14H11BrCl2N2O/c1-7-2-3-12(18)9(4-7)14(20)19-13-10(16)5-8(15)6-11(13)17/h2-6H,18H2,1H3,(H,19,20). The number of aryl methyl sites for hydroxylation is 1. The molecule has 6 heteroatoms. The van der Waals surface area contributed by atoms with E-state index in [-0.39, 0.29) is 5.91 Å². The van der Waals surface area contributed by atoms with Gasteiger partial charge in [-0.2, -0.15) is 0 Å². The van der Waals surface area contributed by atoms with Crippen LogP contribution in [0.5, 0.6) is 0 Å². The van der Waals surface area contributed by atoms with Crippen LogP contribution in [0.3, 0.4) is 0 Å². The molecular formula is C14H11BrCl2N2O. The first-order valence-electron chi connectivity index (χ1n) is 5.70. The largest absolute Gasteiger partial charge is 0.398 e. The van der Waals surface area contributed by atoms with E-state index in [9.17, 15) is 4.79 Å². The van der Waals surface area contributed by atoms with Gasteiger partial charge in [0.2, 0.25) is 0 Å². The Hall–Kier alpha value is -1.23. The Morgan fingerprint density at radius 1 is 1.20 bits per heavy atom. The number of halogens is 3. The van der Waals surface area contributed by atoms with Crippen molar-refractivity contribution < 1.29 is 4.79 Å². The lowest BCUT2D eigenvalue weighted by atomic mass is 10.1. The van der Waals surface area contributed by atoms with E-state index in [4.69, 9.17) is 28.9 Å². The highest BCUT2D eigenvalue weighted by Crippen LogP contribution is 2.34. The van der Waals surface area contributed by atoms with Crippen LogP contribution in [-0.2, 0) is 0 Å². The van der Waals surface area contributed by atoms with E-state index in [1.165, 1.54) is 0 Å². The number of benzene rings is 2. The molecule has 3 N–H and O–H groups in total. The van der Waals surface area contributed by atoms with Crippen LogP contribution in [0.1, 0.15) is 15.9 Å². The molecule has 104 valence electrons. The van der Waals surface area contributed by atoms with Gasteiger partial charge in [-0.3, -0.25) is 4.79 Å². The Morgan fingerprint density at radius 3 is 2.40 bits per heavy atom. The number of rotatable bonds is 2. The van der Waals surface area contributed by atoms with Gasteiger partial charge in [0.1, 0.15) is 0 Å². The lowest BCUT2D eigenvalue weighted by Gasteiger charge is -2.11. The highest BCUT2D eigenvalue weighted by atomic mass is 79.9. The molecule has 2 aromatic rings. The highest BCUT2D eigenvalue weighted by Gasteiger charge is 2.14. The van der Waals surface area contributed by atoms with E-state index >= 15 is 0 Å². The smallest absolute Gasteiger partial charge is 0.257 e. The average Bonchev–Trinajstić information content (AvgIpc) is 2.36. The van der Waals surface area contributed by atoms with Gasteiger partial charge in [0.05, 0.1) is 21.3 Å². The molecule has 0 unspecified atom stereocenters. The van der Waals surface area contributed by atoms with Crippen molar-refractivity contribution >= 4 is 56.4 Å². The third kappa shape index (κ3) is 3.26. The van der Waals surface area contributed by atoms with Gasteiger partial charge >= 0.3 is 0 Å². The first-order chi connectivity index (χ1) is 9.38. The summed E-state index contributed by atoms with van der Waals surface area (Å²) in [7, 11) is 0. The fraction of sp³-hybridized carbons (Fsp3) is 0.0714. The van der Waals surface area contributed by atoms with Gasteiger partial charge in [-0.15, -0.1) is 0 Å². The van der Waals surface area contributed by atoms with Gasteiger partial charge in [0.25, 0.3) is 5.91 Å². The second kappa shape index (κ2) is 6.04. The second-order valence-corrected chi connectivity index (χ2v) is 6.02. The number of nitrogens with two attached hydrogens (primary N) is 1. The molecule has 0 fully saturated rings. The number of hydrogen-bond acceptors (Lipinski definition) is 2. The van der Waals surface area contributed by atoms with Crippen molar-refractivity contribution in [3.8, 4) is 0 Å². The van der Waals surface area contributed by atoms with E-state index in [0.29, 0.717) is 27.0 Å². The molecule has 1 amide bonds. The maximum atomic E-state index is 12.3. The highest BCUT2D eigenvalue weighted by molar-refractivity contribution is 9.10. The van der Waals surface area contributed by atoms with Gasteiger partial charge in [0.15, 0.2) is 0 Å². The van der Waals surface area contributed by atoms with E-state index in [1.807, 2.05) is 13.0 Å². The Kier molecular flexibility index (Phi) is 4.58. The summed E-state index contributed by atoms with van der Waals surface area (Å²) in [4.78, 5) is 12.3. The van der Waals surface area contributed by atoms with E-state index in [0.717, 1.165) is 10.0 Å². The Morgan fingerprint density at radius 2 is 1.80 bits per heavy atom. The quantitative estimate of drug-likeness (QED) is 0.735. The van der Waals surface area contributed by atoms with Crippen molar-refractivity contribution in [2.75, 3.05) is 11.1 Å². The summed E-state index contributed by atoms with van der Waals surface area (Å²) in [6.07, 6.45) is 0. The average molecular weight is 374 g/mol. The minimum absolute atomic E-state index is 0.350. The van der Waals surface area contributed by atoms with Crippen LogP contribution in [0, 0.1) is 6.92 Å². The molecule has 0 bridgehead atoms. The van der Waals surface area contributed by atoms with Crippen molar-refractivity contribution in [3.05, 3.63) is 56.0 Å². The summed E-state index contributed by atoms with van der Waals surface area (Å²) in [5.41, 5.74) is 7.90. The van der Waals surface area contributed by atoms with Gasteiger partial charge in [-0.25, -0.2) is 0 Å². The summed E-state index contributed by atoms with van der Waals surface area (Å²) in [5.74, 6) is -0.350. The van der Waals surface area contributed by atoms with E-state index in [1.54, 1.807) is 24.3 Å². The second-order valence-electron chi connectivity index (χ2n) is 4.29. The van der Waals surface area contributed by atoms with Gasteiger partial charge in [0, 0.05) is 10.2 Å². The molecule has 0 aromatic heterocycles. The molecule has 0 heterocycles. The third-order valence-corrected chi connectivity index (χ3v) is 3.75. The predicted octanol–water partition coefficient (Wildman–Crippen LogP) is 4.90. The van der Waals surface area contributed by atoms with Crippen molar-refractivity contribution in [2.45, 2.75) is 6.92 Å². The topological polar surface area (TPSA) is 55.1 Å². The molecule has 0 saturated carbocycles. The molecule has 20 heavy (non-hydrogen) atoms. The molecule has 3 nitrogen and oxygen atoms in total. The van der Waals surface area contributed by atoms with Gasteiger partial charge in [-0.1, -0.05) is 50.8 Å². The molecular weight excluding hydrogens is 363 g/mol. The Bertz CT molecular complexity index is 666. The number of nitrogen functional groups attached to an aromatic ring is 1. The molecule has 0 radical (unpaired) electrons. The SMILES string of the molecule is Cc1ccc(N)c(C(=O)Nc2c(Cl)cc(Br)cc2Cl)c1. The van der Waals surface area contributed by atoms with E-state index in [2.05, 4.69) is 21.2 Å². The molecule has 0 aliphatic carbocycles. The van der Waals surface area contributed by atoms with Crippen LogP contribution in [0.2, 0.25) is 10.0 Å². The molecule has 0 saturated heterocycles. The van der Waals surface area contributed by atoms with Crippen molar-refractivity contribution in [2.24, 2.45) is 0 Å². The summed E-state index contributed by atoms with van der Waals surface area (Å²) in [6, 6.07) is 8.55. The third-order valence-electron chi connectivity index (χ3n) is 2.70. The zero-order valence-electron chi connectivity index (χ0n) is 10.5. The van der Waals surface area contributed by atoms with Crippen LogP contribution in [0.25, 0.3) is 0 Å². The van der Waals surface area contributed by atoms with Crippen LogP contribution >= 0.6 is 39.1 Å². The molecule has 0 aliphatic heterocycles. The minimum atomic E-state index is -0.350. The van der Waals surface area contributed by atoms with Crippen LogP contribution in [0.15, 0.2) is 34.8 Å². The van der Waals surface area contributed by atoms with Gasteiger partial charge < -0.3 is 11.1 Å². The predicted molar refractivity (Wildman–Crippen MR) is 87.7 cm³/mol.